The fourth-order valence-corrected chi connectivity index (χ4v) is 3.24. The molecular weight excluding hydrogens is 427 g/mol. The molecule has 3 rings (SSSR count). The number of carbonyl (C=O) groups is 1. The highest BCUT2D eigenvalue weighted by molar-refractivity contribution is 5.92. The molecule has 0 radical (unpaired) electrons. The number of nitrogens with zero attached hydrogens (tertiary/aromatic N) is 3. The molecule has 0 saturated carbocycles. The van der Waals surface area contributed by atoms with Gasteiger partial charge in [-0.25, -0.2) is 8.78 Å². The molecule has 166 valence electrons. The van der Waals surface area contributed by atoms with Crippen molar-refractivity contribution in [3.8, 4) is 0 Å². The van der Waals surface area contributed by atoms with Crippen LogP contribution in [-0.2, 0) is 11.0 Å². The van der Waals surface area contributed by atoms with Crippen molar-refractivity contribution in [2.75, 3.05) is 42.9 Å². The highest BCUT2D eigenvalue weighted by Crippen LogP contribution is 2.36. The van der Waals surface area contributed by atoms with Crippen molar-refractivity contribution in [1.82, 2.24) is 4.90 Å². The van der Waals surface area contributed by atoms with Crippen LogP contribution in [0, 0.1) is 21.7 Å². The van der Waals surface area contributed by atoms with Gasteiger partial charge in [-0.15, -0.1) is 0 Å². The van der Waals surface area contributed by atoms with E-state index in [2.05, 4.69) is 5.32 Å². The van der Waals surface area contributed by atoms with Gasteiger partial charge in [0.15, 0.2) is 11.6 Å². The number of hydrogen-bond donors (Lipinski definition) is 1. The predicted molar refractivity (Wildman–Crippen MR) is 102 cm³/mol. The molecule has 0 aliphatic carbocycles. The first-order valence-corrected chi connectivity index (χ1v) is 9.12. The fourth-order valence-electron chi connectivity index (χ4n) is 3.24. The fraction of sp³-hybridized carbons (Fsp3) is 0.316. The first kappa shape index (κ1) is 22.4. The summed E-state index contributed by atoms with van der Waals surface area (Å²) in [4.78, 5) is 25.9. The highest BCUT2D eigenvalue weighted by Gasteiger charge is 2.34. The van der Waals surface area contributed by atoms with Gasteiger partial charge in [-0.1, -0.05) is 0 Å². The molecule has 7 nitrogen and oxygen atoms in total. The van der Waals surface area contributed by atoms with Gasteiger partial charge in [-0.3, -0.25) is 19.8 Å². The molecule has 0 atom stereocenters. The molecule has 1 heterocycles. The van der Waals surface area contributed by atoms with E-state index in [4.69, 9.17) is 0 Å². The smallest absolute Gasteiger partial charge is 0.363 e. The second-order valence-corrected chi connectivity index (χ2v) is 6.90. The van der Waals surface area contributed by atoms with E-state index in [0.29, 0.717) is 19.2 Å². The minimum absolute atomic E-state index is 0.0536. The van der Waals surface area contributed by atoms with Crippen molar-refractivity contribution >= 4 is 23.0 Å². The number of anilines is 2. The monoisotopic (exact) mass is 444 g/mol. The molecule has 2 aromatic carbocycles. The van der Waals surface area contributed by atoms with E-state index >= 15 is 0 Å². The van der Waals surface area contributed by atoms with Gasteiger partial charge in [0.1, 0.15) is 5.69 Å². The van der Waals surface area contributed by atoms with Gasteiger partial charge in [-0.05, 0) is 24.3 Å². The number of nitrogens with one attached hydrogen (secondary N) is 1. The minimum Gasteiger partial charge on any atom is -0.363 e. The molecule has 2 aromatic rings. The Morgan fingerprint density at radius 1 is 1.03 bits per heavy atom. The van der Waals surface area contributed by atoms with Crippen molar-refractivity contribution in [2.45, 2.75) is 6.18 Å². The third-order valence-corrected chi connectivity index (χ3v) is 4.78. The number of benzene rings is 2. The summed E-state index contributed by atoms with van der Waals surface area (Å²) in [6.07, 6.45) is -4.69. The van der Waals surface area contributed by atoms with E-state index in [9.17, 15) is 36.9 Å². The van der Waals surface area contributed by atoms with E-state index in [1.807, 2.05) is 0 Å². The summed E-state index contributed by atoms with van der Waals surface area (Å²) in [5.41, 5.74) is -1.57. The van der Waals surface area contributed by atoms with Crippen molar-refractivity contribution in [2.24, 2.45) is 0 Å². The highest BCUT2D eigenvalue weighted by atomic mass is 19.4. The lowest BCUT2D eigenvalue weighted by Crippen LogP contribution is -2.48. The summed E-state index contributed by atoms with van der Waals surface area (Å²) in [5, 5.41) is 13.7. The quantitative estimate of drug-likeness (QED) is 0.433. The molecule has 0 spiro atoms. The summed E-state index contributed by atoms with van der Waals surface area (Å²) in [6.45, 7) is 1.10. The molecule has 1 aliphatic rings. The maximum atomic E-state index is 13.2. The van der Waals surface area contributed by atoms with Crippen LogP contribution in [0.1, 0.15) is 5.56 Å². The lowest BCUT2D eigenvalue weighted by molar-refractivity contribution is -0.384. The van der Waals surface area contributed by atoms with Crippen LogP contribution in [0.3, 0.4) is 0 Å². The molecule has 12 heteroatoms. The van der Waals surface area contributed by atoms with Crippen LogP contribution in [0.25, 0.3) is 0 Å². The van der Waals surface area contributed by atoms with Crippen LogP contribution in [0.4, 0.5) is 39.0 Å². The Labute approximate surface area is 173 Å². The van der Waals surface area contributed by atoms with E-state index < -0.39 is 39.9 Å². The zero-order valence-electron chi connectivity index (χ0n) is 16.0. The Morgan fingerprint density at radius 2 is 1.71 bits per heavy atom. The molecule has 1 amide bonds. The zero-order valence-corrected chi connectivity index (χ0v) is 16.0. The van der Waals surface area contributed by atoms with Crippen molar-refractivity contribution < 1.29 is 31.7 Å². The minimum atomic E-state index is -4.69. The number of rotatable bonds is 5. The molecule has 0 unspecified atom stereocenters. The van der Waals surface area contributed by atoms with Gasteiger partial charge in [0.25, 0.3) is 5.69 Å². The number of amides is 1. The van der Waals surface area contributed by atoms with Gasteiger partial charge < -0.3 is 10.2 Å². The third kappa shape index (κ3) is 5.45. The summed E-state index contributed by atoms with van der Waals surface area (Å²) in [5.74, 6) is -2.59. The predicted octanol–water partition coefficient (Wildman–Crippen LogP) is 3.65. The number of nitro benzene ring substituents is 1. The Kier molecular flexibility index (Phi) is 6.39. The summed E-state index contributed by atoms with van der Waals surface area (Å²) >= 11 is 0. The summed E-state index contributed by atoms with van der Waals surface area (Å²) in [6, 6.07) is 5.35. The van der Waals surface area contributed by atoms with Crippen molar-refractivity contribution in [3.05, 3.63) is 63.7 Å². The van der Waals surface area contributed by atoms with Crippen LogP contribution < -0.4 is 10.2 Å². The number of halogens is 5. The lowest BCUT2D eigenvalue weighted by atomic mass is 10.1. The Balaban J connectivity index is 1.61. The van der Waals surface area contributed by atoms with Crippen LogP contribution in [0.15, 0.2) is 36.4 Å². The number of hydrogen-bond acceptors (Lipinski definition) is 5. The van der Waals surface area contributed by atoms with E-state index in [1.54, 1.807) is 9.80 Å². The normalized spacial score (nSPS) is 15.1. The average Bonchev–Trinajstić information content (AvgIpc) is 2.70. The molecule has 1 fully saturated rings. The second-order valence-electron chi connectivity index (χ2n) is 6.90. The molecule has 1 N–H and O–H groups in total. The molecule has 0 aromatic heterocycles. The van der Waals surface area contributed by atoms with E-state index in [1.165, 1.54) is 6.07 Å². The van der Waals surface area contributed by atoms with Crippen LogP contribution in [-0.4, -0.2) is 48.5 Å². The SMILES string of the molecule is O=C(CN1CCN(c2ccc(C(F)(F)F)cc2[N+](=O)[O-])CC1)Nc1ccc(F)c(F)c1. The third-order valence-electron chi connectivity index (χ3n) is 4.78. The Bertz CT molecular complexity index is 991. The van der Waals surface area contributed by atoms with Gasteiger partial charge in [0.05, 0.1) is 17.0 Å². The lowest BCUT2D eigenvalue weighted by Gasteiger charge is -2.35. The topological polar surface area (TPSA) is 78.7 Å². The van der Waals surface area contributed by atoms with Gasteiger partial charge in [0.2, 0.25) is 5.91 Å². The zero-order chi connectivity index (χ0) is 22.8. The van der Waals surface area contributed by atoms with Crippen molar-refractivity contribution in [1.29, 1.82) is 0 Å². The van der Waals surface area contributed by atoms with Gasteiger partial charge in [0, 0.05) is 44.0 Å². The maximum Gasteiger partial charge on any atom is 0.416 e. The van der Waals surface area contributed by atoms with E-state index in [-0.39, 0.29) is 31.0 Å². The van der Waals surface area contributed by atoms with Gasteiger partial charge >= 0.3 is 6.18 Å². The van der Waals surface area contributed by atoms with Crippen LogP contribution >= 0.6 is 0 Å². The average molecular weight is 444 g/mol. The number of nitro groups is 1. The summed E-state index contributed by atoms with van der Waals surface area (Å²) < 4.78 is 64.7. The maximum absolute atomic E-state index is 13.2. The standard InChI is InChI=1S/C19H17F5N4O3/c20-14-3-2-13(10-15(14)21)25-18(29)11-26-5-7-27(8-6-26)16-4-1-12(19(22,23)24)9-17(16)28(30)31/h1-4,9-10H,5-8,11H2,(H,25,29). The first-order chi connectivity index (χ1) is 14.5. The molecule has 0 bridgehead atoms. The number of alkyl halides is 3. The Morgan fingerprint density at radius 3 is 2.29 bits per heavy atom. The Hall–Kier alpha value is -3.28. The molecule has 31 heavy (non-hydrogen) atoms. The van der Waals surface area contributed by atoms with Crippen LogP contribution in [0.2, 0.25) is 0 Å². The van der Waals surface area contributed by atoms with Crippen molar-refractivity contribution in [3.63, 3.8) is 0 Å². The summed E-state index contributed by atoms with van der Waals surface area (Å²) in [7, 11) is 0. The van der Waals surface area contributed by atoms with Gasteiger partial charge in [-0.2, -0.15) is 13.2 Å². The van der Waals surface area contributed by atoms with Crippen LogP contribution in [0.5, 0.6) is 0 Å². The molecule has 1 aliphatic heterocycles. The largest absolute Gasteiger partial charge is 0.416 e. The van der Waals surface area contributed by atoms with E-state index in [0.717, 1.165) is 24.3 Å². The number of piperazine rings is 1. The molecular formula is C19H17F5N4O3. The first-order valence-electron chi connectivity index (χ1n) is 9.12. The molecule has 1 saturated heterocycles. The second kappa shape index (κ2) is 8.84. The number of carbonyl (C=O) groups excluding carboxylic acids is 1.